The number of hydrogen-bond acceptors (Lipinski definition) is 4. The van der Waals surface area contributed by atoms with E-state index in [1.165, 1.54) is 0 Å². The number of carbonyl (C=O) groups excluding carboxylic acids is 1. The van der Waals surface area contributed by atoms with Gasteiger partial charge in [-0.1, -0.05) is 0 Å². The Morgan fingerprint density at radius 2 is 2.38 bits per heavy atom. The Bertz CT molecular complexity index is 223. The molecular formula is C9H15NO3. The van der Waals surface area contributed by atoms with Crippen molar-refractivity contribution in [3.05, 3.63) is 0 Å². The molecule has 4 nitrogen and oxygen atoms in total. The van der Waals surface area contributed by atoms with Gasteiger partial charge in [-0.3, -0.25) is 4.99 Å². The van der Waals surface area contributed by atoms with Crippen LogP contribution in [-0.2, 0) is 9.47 Å². The fourth-order valence-corrected chi connectivity index (χ4v) is 1.23. The zero-order valence-electron chi connectivity index (χ0n) is 8.24. The van der Waals surface area contributed by atoms with Crippen LogP contribution in [0.25, 0.3) is 0 Å². The summed E-state index contributed by atoms with van der Waals surface area (Å²) in [4.78, 5) is 15.1. The van der Waals surface area contributed by atoms with E-state index in [-0.39, 0.29) is 11.6 Å². The molecule has 1 unspecified atom stereocenters. The van der Waals surface area contributed by atoms with Gasteiger partial charge in [0, 0.05) is 12.6 Å². The number of aliphatic imine (C=N–C) groups is 1. The molecule has 0 bridgehead atoms. The standard InChI is InChI=1S/C9H15NO3/c1-4-12-8(11)13-7-5-9(2,3)10-6-7/h6-7H,4-5H2,1-3H3. The second-order valence-corrected chi connectivity index (χ2v) is 3.63. The Morgan fingerprint density at radius 1 is 1.69 bits per heavy atom. The molecule has 0 aliphatic carbocycles. The second kappa shape index (κ2) is 3.77. The maximum absolute atomic E-state index is 10.9. The van der Waals surface area contributed by atoms with Crippen LogP contribution in [0, 0.1) is 0 Å². The maximum Gasteiger partial charge on any atom is 0.508 e. The van der Waals surface area contributed by atoms with Crippen LogP contribution in [0.2, 0.25) is 0 Å². The molecule has 1 atom stereocenters. The van der Waals surface area contributed by atoms with Crippen molar-refractivity contribution < 1.29 is 14.3 Å². The highest BCUT2D eigenvalue weighted by Gasteiger charge is 2.29. The first-order valence-corrected chi connectivity index (χ1v) is 4.42. The highest BCUT2D eigenvalue weighted by atomic mass is 16.7. The van der Waals surface area contributed by atoms with Gasteiger partial charge in [0.05, 0.1) is 12.1 Å². The van der Waals surface area contributed by atoms with Gasteiger partial charge in [-0.25, -0.2) is 4.79 Å². The number of carbonyl (C=O) groups is 1. The van der Waals surface area contributed by atoms with Crippen molar-refractivity contribution in [2.75, 3.05) is 6.61 Å². The van der Waals surface area contributed by atoms with Crippen LogP contribution in [-0.4, -0.2) is 30.6 Å². The van der Waals surface area contributed by atoms with Gasteiger partial charge in [-0.05, 0) is 20.8 Å². The molecule has 4 heteroatoms. The van der Waals surface area contributed by atoms with E-state index in [1.54, 1.807) is 13.1 Å². The van der Waals surface area contributed by atoms with Gasteiger partial charge in [0.15, 0.2) is 0 Å². The van der Waals surface area contributed by atoms with Crippen molar-refractivity contribution in [3.63, 3.8) is 0 Å². The molecule has 0 amide bonds. The summed E-state index contributed by atoms with van der Waals surface area (Å²) >= 11 is 0. The molecule has 0 fully saturated rings. The molecule has 0 radical (unpaired) electrons. The van der Waals surface area contributed by atoms with Crippen molar-refractivity contribution in [2.24, 2.45) is 4.99 Å². The zero-order chi connectivity index (χ0) is 9.90. The van der Waals surface area contributed by atoms with Crippen LogP contribution in [0.15, 0.2) is 4.99 Å². The minimum atomic E-state index is -0.614. The Labute approximate surface area is 77.9 Å². The third kappa shape index (κ3) is 3.05. The first-order chi connectivity index (χ1) is 6.03. The van der Waals surface area contributed by atoms with Crippen molar-refractivity contribution in [1.82, 2.24) is 0 Å². The summed E-state index contributed by atoms with van der Waals surface area (Å²) in [7, 11) is 0. The lowest BCUT2D eigenvalue weighted by Gasteiger charge is -2.15. The molecule has 0 aromatic carbocycles. The second-order valence-electron chi connectivity index (χ2n) is 3.63. The molecule has 0 aromatic heterocycles. The van der Waals surface area contributed by atoms with Gasteiger partial charge >= 0.3 is 6.16 Å². The monoisotopic (exact) mass is 185 g/mol. The average molecular weight is 185 g/mol. The van der Waals surface area contributed by atoms with E-state index in [0.717, 1.165) is 6.42 Å². The van der Waals surface area contributed by atoms with E-state index < -0.39 is 6.16 Å². The summed E-state index contributed by atoms with van der Waals surface area (Å²) in [6.07, 6.45) is 1.55. The maximum atomic E-state index is 10.9. The molecule has 1 aliphatic rings. The molecule has 0 aromatic rings. The van der Waals surface area contributed by atoms with Gasteiger partial charge in [0.25, 0.3) is 0 Å². The van der Waals surface area contributed by atoms with Crippen LogP contribution in [0.1, 0.15) is 27.2 Å². The molecule has 13 heavy (non-hydrogen) atoms. The van der Waals surface area contributed by atoms with Gasteiger partial charge in [0.2, 0.25) is 0 Å². The van der Waals surface area contributed by atoms with Crippen molar-refractivity contribution >= 4 is 12.4 Å². The lowest BCUT2D eigenvalue weighted by atomic mass is 10.0. The van der Waals surface area contributed by atoms with Crippen LogP contribution in [0.3, 0.4) is 0 Å². The average Bonchev–Trinajstić information content (AvgIpc) is 2.30. The van der Waals surface area contributed by atoms with Crippen molar-refractivity contribution in [3.8, 4) is 0 Å². The van der Waals surface area contributed by atoms with Crippen LogP contribution < -0.4 is 0 Å². The van der Waals surface area contributed by atoms with Crippen molar-refractivity contribution in [2.45, 2.75) is 38.8 Å². The Morgan fingerprint density at radius 3 is 2.85 bits per heavy atom. The van der Waals surface area contributed by atoms with E-state index in [4.69, 9.17) is 4.74 Å². The summed E-state index contributed by atoms with van der Waals surface area (Å²) in [5.41, 5.74) is -0.114. The first kappa shape index (κ1) is 10.0. The highest BCUT2D eigenvalue weighted by molar-refractivity contribution is 5.71. The lowest BCUT2D eigenvalue weighted by molar-refractivity contribution is 0.0438. The Kier molecular flexibility index (Phi) is 2.90. The molecule has 0 saturated carbocycles. The predicted octanol–water partition coefficient (Wildman–Crippen LogP) is 1.78. The van der Waals surface area contributed by atoms with E-state index in [0.29, 0.717) is 6.61 Å². The molecule has 1 rings (SSSR count). The van der Waals surface area contributed by atoms with E-state index in [9.17, 15) is 4.79 Å². The quantitative estimate of drug-likeness (QED) is 0.616. The van der Waals surface area contributed by atoms with Crippen LogP contribution in [0.4, 0.5) is 4.79 Å². The normalized spacial score (nSPS) is 24.4. The summed E-state index contributed by atoms with van der Waals surface area (Å²) in [5.74, 6) is 0. The summed E-state index contributed by atoms with van der Waals surface area (Å²) in [6, 6.07) is 0. The minimum Gasteiger partial charge on any atom is -0.435 e. The topological polar surface area (TPSA) is 47.9 Å². The van der Waals surface area contributed by atoms with Crippen LogP contribution in [0.5, 0.6) is 0 Å². The van der Waals surface area contributed by atoms with Gasteiger partial charge in [-0.2, -0.15) is 0 Å². The molecule has 0 N–H and O–H groups in total. The molecule has 74 valence electrons. The minimum absolute atomic E-state index is 0.114. The predicted molar refractivity (Wildman–Crippen MR) is 49.1 cm³/mol. The third-order valence-corrected chi connectivity index (χ3v) is 1.80. The fraction of sp³-hybridized carbons (Fsp3) is 0.778. The van der Waals surface area contributed by atoms with Gasteiger partial charge in [0.1, 0.15) is 6.10 Å². The van der Waals surface area contributed by atoms with E-state index in [1.807, 2.05) is 13.8 Å². The largest absolute Gasteiger partial charge is 0.508 e. The van der Waals surface area contributed by atoms with Gasteiger partial charge < -0.3 is 9.47 Å². The highest BCUT2D eigenvalue weighted by Crippen LogP contribution is 2.23. The SMILES string of the molecule is CCOC(=O)OC1C=NC(C)(C)C1. The number of hydrogen-bond donors (Lipinski definition) is 0. The van der Waals surface area contributed by atoms with E-state index >= 15 is 0 Å². The Hall–Kier alpha value is -1.06. The number of nitrogens with zero attached hydrogens (tertiary/aromatic N) is 1. The summed E-state index contributed by atoms with van der Waals surface area (Å²) < 4.78 is 9.63. The third-order valence-electron chi connectivity index (χ3n) is 1.80. The molecular weight excluding hydrogens is 170 g/mol. The Balaban J connectivity index is 2.33. The number of ether oxygens (including phenoxy) is 2. The van der Waals surface area contributed by atoms with E-state index in [2.05, 4.69) is 9.73 Å². The summed E-state index contributed by atoms with van der Waals surface area (Å²) in [6.45, 7) is 6.08. The molecule has 0 spiro atoms. The summed E-state index contributed by atoms with van der Waals surface area (Å²) in [5, 5.41) is 0. The molecule has 1 heterocycles. The number of rotatable bonds is 2. The molecule has 1 aliphatic heterocycles. The fourth-order valence-electron chi connectivity index (χ4n) is 1.23. The smallest absolute Gasteiger partial charge is 0.435 e. The zero-order valence-corrected chi connectivity index (χ0v) is 8.24. The first-order valence-electron chi connectivity index (χ1n) is 4.42. The van der Waals surface area contributed by atoms with Crippen LogP contribution >= 0.6 is 0 Å². The molecule has 0 saturated heterocycles. The lowest BCUT2D eigenvalue weighted by Crippen LogP contribution is -2.22. The van der Waals surface area contributed by atoms with Gasteiger partial charge in [-0.15, -0.1) is 0 Å². The van der Waals surface area contributed by atoms with Crippen molar-refractivity contribution in [1.29, 1.82) is 0 Å².